The minimum atomic E-state index is 0. The Bertz CT molecular complexity index is 8.00. The van der Waals surface area contributed by atoms with Crippen LogP contribution in [-0.2, 0) is 59.2 Å². The van der Waals surface area contributed by atoms with Gasteiger partial charge in [-0.1, -0.05) is 0 Å². The van der Waals surface area contributed by atoms with Gasteiger partial charge in [0.05, 0.1) is 0 Å². The van der Waals surface area contributed by atoms with Gasteiger partial charge in [-0.05, 0) is 0 Å². The van der Waals surface area contributed by atoms with Gasteiger partial charge in [0.1, 0.15) is 0 Å². The van der Waals surface area contributed by atoms with Crippen LogP contribution in [0.25, 0.3) is 0 Å². The topological polar surface area (TPSA) is 0 Å². The van der Waals surface area contributed by atoms with Crippen LogP contribution < -0.4 is 0 Å². The fourth-order valence-corrected chi connectivity index (χ4v) is 0. The summed E-state index contributed by atoms with van der Waals surface area (Å²) in [5.41, 5.74) is 0. The molecule has 0 unspecified atom stereocenters. The van der Waals surface area contributed by atoms with E-state index in [4.69, 9.17) is 0 Å². The fraction of sp³-hybridized carbons (Fsp3) is 0. The zero-order valence-corrected chi connectivity index (χ0v) is 10.6. The molecule has 0 rings (SSSR count). The number of hydrogen-bond acceptors (Lipinski definition) is 0. The van der Waals surface area contributed by atoms with E-state index < -0.39 is 0 Å². The Morgan fingerprint density at radius 2 is 1.25 bits per heavy atom. The summed E-state index contributed by atoms with van der Waals surface area (Å²) < 4.78 is 0. The molecule has 0 atom stereocenters. The van der Waals surface area contributed by atoms with Gasteiger partial charge in [-0.15, -0.1) is 0 Å². The van der Waals surface area contributed by atoms with Crippen molar-refractivity contribution in [3.63, 3.8) is 0 Å². The zero-order chi connectivity index (χ0) is 2.00. The van der Waals surface area contributed by atoms with Crippen molar-refractivity contribution in [2.24, 2.45) is 0 Å². The number of rotatable bonds is 0. The minimum absolute atomic E-state index is 0. The Morgan fingerprint density at radius 1 is 1.25 bits per heavy atom. The molecule has 0 aliphatic rings. The Morgan fingerprint density at radius 3 is 1.25 bits per heavy atom. The fourth-order valence-electron chi connectivity index (χ4n) is 0. The van der Waals surface area contributed by atoms with Gasteiger partial charge in [-0.25, -0.2) is 0 Å². The van der Waals surface area contributed by atoms with Crippen molar-refractivity contribution in [2.75, 3.05) is 0 Å². The van der Waals surface area contributed by atoms with E-state index in [2.05, 4.69) is 15.4 Å². The first-order valence-corrected chi connectivity index (χ1v) is 4.68. The van der Waals surface area contributed by atoms with Gasteiger partial charge in [0.25, 0.3) is 0 Å². The van der Waals surface area contributed by atoms with Gasteiger partial charge in [-0.2, -0.15) is 0 Å². The Labute approximate surface area is 67.3 Å². The molecule has 0 heterocycles. The van der Waals surface area contributed by atoms with Crippen LogP contribution in [-0.4, -0.2) is 8.85 Å². The van der Waals surface area contributed by atoms with Crippen LogP contribution in [0, 0.1) is 0 Å². The maximum absolute atomic E-state index is 3.08. The molecule has 4 heavy (non-hydrogen) atoms. The van der Waals surface area contributed by atoms with E-state index >= 15 is 0 Å². The zero-order valence-electron chi connectivity index (χ0n) is 2.40. The molecule has 0 fully saturated rings. The van der Waals surface area contributed by atoms with E-state index in [1.54, 1.807) is 0 Å². The first-order chi connectivity index (χ1) is 1.00. The first-order valence-electron chi connectivity index (χ1n) is 0.378. The van der Waals surface area contributed by atoms with E-state index in [-0.39, 0.29) is 43.8 Å². The second-order valence-electron chi connectivity index (χ2n) is 0. The van der Waals surface area contributed by atoms with Crippen molar-refractivity contribution in [1.29, 1.82) is 0 Å². The van der Waals surface area contributed by atoms with Crippen LogP contribution in [0.4, 0.5) is 0 Å². The van der Waals surface area contributed by atoms with Gasteiger partial charge in [0.2, 0.25) is 0 Å². The van der Waals surface area contributed by atoms with Crippen LogP contribution in [0.3, 0.4) is 0 Å². The molecule has 0 aromatic rings. The van der Waals surface area contributed by atoms with Crippen molar-refractivity contribution >= 4 is 8.85 Å². The van der Waals surface area contributed by atoms with E-state index in [1.165, 1.54) is 0 Å². The number of hydrogen-bond donors (Lipinski definition) is 0. The Balaban J connectivity index is -0.00000000500. The third-order valence-electron chi connectivity index (χ3n) is 0. The summed E-state index contributed by atoms with van der Waals surface area (Å²) in [6.45, 7) is 0. The Hall–Kier alpha value is 2.15. The average Bonchev–Trinajstić information content (AvgIpc) is 1.00. The van der Waals surface area contributed by atoms with Crippen molar-refractivity contribution < 1.29 is 59.2 Å². The van der Waals surface area contributed by atoms with Gasteiger partial charge >= 0.3 is 24.2 Å². The van der Waals surface area contributed by atoms with Crippen LogP contribution in [0.5, 0.6) is 0 Å². The second kappa shape index (κ2) is 19.2. The summed E-state index contributed by atoms with van der Waals surface area (Å²) in [5.74, 6) is 0. The van der Waals surface area contributed by atoms with Crippen LogP contribution in [0.15, 0.2) is 0 Å². The van der Waals surface area contributed by atoms with Gasteiger partial charge < -0.3 is 0 Å². The SMILES string of the molecule is [Cd].[Ni].[SiH3][Mn]. The summed E-state index contributed by atoms with van der Waals surface area (Å²) >= 11 is 3.08. The van der Waals surface area contributed by atoms with Crippen molar-refractivity contribution in [3.05, 3.63) is 0 Å². The third kappa shape index (κ3) is 8.91. The molecule has 0 aliphatic heterocycles. The average molecular weight is 257 g/mol. The summed E-state index contributed by atoms with van der Waals surface area (Å²) in [6.07, 6.45) is 0. The van der Waals surface area contributed by atoms with E-state index in [0.717, 1.165) is 8.85 Å². The molecule has 0 saturated carbocycles. The molecule has 4 heteroatoms. The normalized spacial score (nSPS) is 2.25. The molecule has 0 N–H and O–H groups in total. The summed E-state index contributed by atoms with van der Waals surface area (Å²) in [4.78, 5) is 0. The molecule has 0 aromatic carbocycles. The van der Waals surface area contributed by atoms with Crippen LogP contribution in [0.2, 0.25) is 0 Å². The molecular formula is H3CdMnNiSi. The second-order valence-corrected chi connectivity index (χ2v) is 0. The molecule has 0 bridgehead atoms. The maximum atomic E-state index is 3.08. The molecule has 0 radical (unpaired) electrons. The predicted molar refractivity (Wildman–Crippen MR) is 9.94 cm³/mol. The van der Waals surface area contributed by atoms with E-state index in [1.807, 2.05) is 0 Å². The molecular weight excluding hydrogens is 254 g/mol. The summed E-state index contributed by atoms with van der Waals surface area (Å²) in [6, 6.07) is 0. The van der Waals surface area contributed by atoms with Gasteiger partial charge in [-0.3, -0.25) is 0 Å². The molecule has 0 saturated heterocycles. The quantitative estimate of drug-likeness (QED) is 0.479. The molecule has 26 valence electrons. The van der Waals surface area contributed by atoms with Crippen molar-refractivity contribution in [1.82, 2.24) is 0 Å². The van der Waals surface area contributed by atoms with Gasteiger partial charge in [0, 0.05) is 43.8 Å². The van der Waals surface area contributed by atoms with Crippen molar-refractivity contribution in [2.45, 2.75) is 0 Å². The molecule has 0 spiro atoms. The third-order valence-corrected chi connectivity index (χ3v) is 0. The molecule has 0 aromatic heterocycles. The van der Waals surface area contributed by atoms with Crippen LogP contribution in [0.1, 0.15) is 0 Å². The molecule has 0 amide bonds. The van der Waals surface area contributed by atoms with E-state index in [0.29, 0.717) is 0 Å². The monoisotopic (exact) mass is 258 g/mol. The summed E-state index contributed by atoms with van der Waals surface area (Å²) in [7, 11) is 1.12. The molecule has 0 aliphatic carbocycles. The van der Waals surface area contributed by atoms with E-state index in [9.17, 15) is 0 Å². The first kappa shape index (κ1) is 16.4. The van der Waals surface area contributed by atoms with Crippen molar-refractivity contribution in [3.8, 4) is 0 Å². The Kier molecular flexibility index (Phi) is 78.8. The van der Waals surface area contributed by atoms with Crippen LogP contribution >= 0.6 is 0 Å². The standard InChI is InChI=1S/Cd.Mn.Ni.H3Si/h;;;1H3. The summed E-state index contributed by atoms with van der Waals surface area (Å²) in [5, 5.41) is 0. The predicted octanol–water partition coefficient (Wildman–Crippen LogP) is -1.19. The van der Waals surface area contributed by atoms with Gasteiger partial charge in [0.15, 0.2) is 0 Å². The molecule has 0 nitrogen and oxygen atoms in total.